The van der Waals surface area contributed by atoms with E-state index < -0.39 is 0 Å². The third kappa shape index (κ3) is 6.13. The molecule has 0 saturated carbocycles. The topological polar surface area (TPSA) is 62.8 Å². The number of hydrogen-bond donors (Lipinski definition) is 2. The molecule has 0 aliphatic carbocycles. The van der Waals surface area contributed by atoms with Crippen LogP contribution in [0.2, 0.25) is 0 Å². The normalized spacial score (nSPS) is 14.1. The van der Waals surface area contributed by atoms with E-state index in [1.54, 1.807) is 0 Å². The van der Waals surface area contributed by atoms with Gasteiger partial charge in [-0.2, -0.15) is 0 Å². The molecule has 6 heteroatoms. The Kier molecular flexibility index (Phi) is 7.97. The Labute approximate surface area is 179 Å². The van der Waals surface area contributed by atoms with Gasteiger partial charge in [-0.25, -0.2) is 4.79 Å². The molecule has 2 amide bonds. The number of carbonyl (C=O) groups is 1. The number of benzene rings is 2. The van der Waals surface area contributed by atoms with Crippen LogP contribution in [0.15, 0.2) is 42.5 Å². The molecule has 1 heterocycles. The zero-order valence-electron chi connectivity index (χ0n) is 18.2. The lowest BCUT2D eigenvalue weighted by Crippen LogP contribution is -2.36. The van der Waals surface area contributed by atoms with Gasteiger partial charge in [0.05, 0.1) is 19.3 Å². The standard InChI is InChI=1S/C24H33N3O3/c1-4-27(5-2)17-20-9-7-19(8-10-20)16-25-24(28)26-18(3)21-11-12-22-23(15-21)30-14-6-13-29-22/h7-12,15,18H,4-6,13-14,16-17H2,1-3H3,(H2,25,26,28). The second kappa shape index (κ2) is 10.9. The fourth-order valence-corrected chi connectivity index (χ4v) is 3.43. The zero-order valence-corrected chi connectivity index (χ0v) is 18.2. The fraction of sp³-hybridized carbons (Fsp3) is 0.458. The molecule has 0 aromatic heterocycles. The van der Waals surface area contributed by atoms with E-state index in [9.17, 15) is 4.79 Å². The minimum absolute atomic E-state index is 0.140. The second-order valence-corrected chi connectivity index (χ2v) is 7.58. The quantitative estimate of drug-likeness (QED) is 0.682. The zero-order chi connectivity index (χ0) is 21.3. The van der Waals surface area contributed by atoms with Crippen molar-refractivity contribution < 1.29 is 14.3 Å². The number of rotatable bonds is 8. The van der Waals surface area contributed by atoms with Gasteiger partial charge < -0.3 is 20.1 Å². The highest BCUT2D eigenvalue weighted by Crippen LogP contribution is 2.32. The maximum absolute atomic E-state index is 12.3. The molecule has 0 radical (unpaired) electrons. The van der Waals surface area contributed by atoms with E-state index in [1.807, 2.05) is 25.1 Å². The van der Waals surface area contributed by atoms with E-state index in [4.69, 9.17) is 9.47 Å². The number of nitrogens with one attached hydrogen (secondary N) is 2. The Balaban J connectivity index is 1.49. The van der Waals surface area contributed by atoms with Crippen LogP contribution in [0.25, 0.3) is 0 Å². The smallest absolute Gasteiger partial charge is 0.315 e. The van der Waals surface area contributed by atoms with E-state index >= 15 is 0 Å². The summed E-state index contributed by atoms with van der Waals surface area (Å²) in [5.74, 6) is 1.50. The van der Waals surface area contributed by atoms with Crippen LogP contribution in [-0.2, 0) is 13.1 Å². The number of hydrogen-bond acceptors (Lipinski definition) is 4. The summed E-state index contributed by atoms with van der Waals surface area (Å²) in [5.41, 5.74) is 3.35. The van der Waals surface area contributed by atoms with Crippen LogP contribution >= 0.6 is 0 Å². The molecule has 2 N–H and O–H groups in total. The first kappa shape index (κ1) is 22.0. The highest BCUT2D eigenvalue weighted by atomic mass is 16.5. The number of nitrogens with zero attached hydrogens (tertiary/aromatic N) is 1. The predicted octanol–water partition coefficient (Wildman–Crippen LogP) is 4.25. The number of ether oxygens (including phenoxy) is 2. The molecule has 6 nitrogen and oxygen atoms in total. The number of fused-ring (bicyclic) bond motifs is 1. The average Bonchev–Trinajstić information content (AvgIpc) is 3.01. The van der Waals surface area contributed by atoms with Crippen molar-refractivity contribution in [2.75, 3.05) is 26.3 Å². The maximum atomic E-state index is 12.3. The lowest BCUT2D eigenvalue weighted by atomic mass is 10.1. The Morgan fingerprint density at radius 2 is 1.67 bits per heavy atom. The molecule has 1 aliphatic rings. The first-order valence-electron chi connectivity index (χ1n) is 10.8. The molecule has 0 spiro atoms. The van der Waals surface area contributed by atoms with Crippen molar-refractivity contribution in [1.82, 2.24) is 15.5 Å². The highest BCUT2D eigenvalue weighted by molar-refractivity contribution is 5.74. The van der Waals surface area contributed by atoms with Gasteiger partial charge in [-0.1, -0.05) is 44.2 Å². The van der Waals surface area contributed by atoms with Crippen molar-refractivity contribution in [2.45, 2.75) is 46.3 Å². The summed E-state index contributed by atoms with van der Waals surface area (Å²) in [5, 5.41) is 5.93. The van der Waals surface area contributed by atoms with Crippen LogP contribution in [0, 0.1) is 0 Å². The second-order valence-electron chi connectivity index (χ2n) is 7.58. The molecule has 1 aliphatic heterocycles. The highest BCUT2D eigenvalue weighted by Gasteiger charge is 2.15. The molecule has 2 aromatic carbocycles. The van der Waals surface area contributed by atoms with Crippen LogP contribution in [0.1, 0.15) is 49.9 Å². The fourth-order valence-electron chi connectivity index (χ4n) is 3.43. The van der Waals surface area contributed by atoms with Gasteiger partial charge in [0.1, 0.15) is 0 Å². The predicted molar refractivity (Wildman–Crippen MR) is 119 cm³/mol. The van der Waals surface area contributed by atoms with Crippen LogP contribution in [0.3, 0.4) is 0 Å². The molecule has 1 atom stereocenters. The SMILES string of the molecule is CCN(CC)Cc1ccc(CNC(=O)NC(C)c2ccc3c(c2)OCCCO3)cc1. The van der Waals surface area contributed by atoms with Crippen molar-refractivity contribution in [3.8, 4) is 11.5 Å². The molecule has 1 unspecified atom stereocenters. The molecule has 0 fully saturated rings. The summed E-state index contributed by atoms with van der Waals surface area (Å²) in [6.07, 6.45) is 0.872. The summed E-state index contributed by atoms with van der Waals surface area (Å²) < 4.78 is 11.4. The minimum atomic E-state index is -0.193. The van der Waals surface area contributed by atoms with Crippen molar-refractivity contribution in [3.63, 3.8) is 0 Å². The molecule has 162 valence electrons. The van der Waals surface area contributed by atoms with Gasteiger partial charge in [-0.05, 0) is 48.8 Å². The summed E-state index contributed by atoms with van der Waals surface area (Å²) in [6, 6.07) is 13.9. The average molecular weight is 412 g/mol. The minimum Gasteiger partial charge on any atom is -0.490 e. The third-order valence-electron chi connectivity index (χ3n) is 5.40. The van der Waals surface area contributed by atoms with Crippen molar-refractivity contribution in [3.05, 3.63) is 59.2 Å². The Bertz CT molecular complexity index is 819. The van der Waals surface area contributed by atoms with Crippen molar-refractivity contribution in [2.24, 2.45) is 0 Å². The summed E-state index contributed by atoms with van der Waals surface area (Å²) >= 11 is 0. The number of amides is 2. The number of urea groups is 1. The first-order valence-corrected chi connectivity index (χ1v) is 10.8. The number of carbonyl (C=O) groups excluding carboxylic acids is 1. The molecular weight excluding hydrogens is 378 g/mol. The van der Waals surface area contributed by atoms with E-state index in [1.165, 1.54) is 5.56 Å². The van der Waals surface area contributed by atoms with Gasteiger partial charge in [0, 0.05) is 19.5 Å². The molecular formula is C24H33N3O3. The molecule has 0 saturated heterocycles. The summed E-state index contributed by atoms with van der Waals surface area (Å²) in [4.78, 5) is 14.7. The van der Waals surface area contributed by atoms with Crippen LogP contribution in [-0.4, -0.2) is 37.2 Å². The maximum Gasteiger partial charge on any atom is 0.315 e. The van der Waals surface area contributed by atoms with E-state index in [0.29, 0.717) is 19.8 Å². The van der Waals surface area contributed by atoms with E-state index in [2.05, 4.69) is 53.6 Å². The lowest BCUT2D eigenvalue weighted by Gasteiger charge is -2.18. The van der Waals surface area contributed by atoms with Crippen LogP contribution in [0.5, 0.6) is 11.5 Å². The summed E-state index contributed by atoms with van der Waals surface area (Å²) in [7, 11) is 0. The lowest BCUT2D eigenvalue weighted by molar-refractivity contribution is 0.237. The molecule has 2 aromatic rings. The van der Waals surface area contributed by atoms with Gasteiger partial charge in [0.25, 0.3) is 0 Å². The Morgan fingerprint density at radius 1 is 1.00 bits per heavy atom. The van der Waals surface area contributed by atoms with E-state index in [-0.39, 0.29) is 12.1 Å². The first-order chi connectivity index (χ1) is 14.6. The Morgan fingerprint density at radius 3 is 2.37 bits per heavy atom. The van der Waals surface area contributed by atoms with Crippen molar-refractivity contribution in [1.29, 1.82) is 0 Å². The largest absolute Gasteiger partial charge is 0.490 e. The van der Waals surface area contributed by atoms with Crippen molar-refractivity contribution >= 4 is 6.03 Å². The van der Waals surface area contributed by atoms with Gasteiger partial charge in [-0.3, -0.25) is 4.90 Å². The molecule has 0 bridgehead atoms. The van der Waals surface area contributed by atoms with Gasteiger partial charge in [0.2, 0.25) is 0 Å². The van der Waals surface area contributed by atoms with Crippen LogP contribution in [0.4, 0.5) is 4.79 Å². The van der Waals surface area contributed by atoms with Gasteiger partial charge in [-0.15, -0.1) is 0 Å². The van der Waals surface area contributed by atoms with Crippen LogP contribution < -0.4 is 20.1 Å². The summed E-state index contributed by atoms with van der Waals surface area (Å²) in [6.45, 7) is 11.1. The van der Waals surface area contributed by atoms with Gasteiger partial charge in [0.15, 0.2) is 11.5 Å². The third-order valence-corrected chi connectivity index (χ3v) is 5.40. The van der Waals surface area contributed by atoms with E-state index in [0.717, 1.165) is 48.7 Å². The Hall–Kier alpha value is -2.73. The molecule has 3 rings (SSSR count). The monoisotopic (exact) mass is 411 g/mol. The molecule has 30 heavy (non-hydrogen) atoms. The van der Waals surface area contributed by atoms with Gasteiger partial charge >= 0.3 is 6.03 Å².